The van der Waals surface area contributed by atoms with Crippen molar-refractivity contribution in [1.82, 2.24) is 14.8 Å². The Labute approximate surface area is 155 Å². The van der Waals surface area contributed by atoms with Crippen LogP contribution in [0.1, 0.15) is 30.6 Å². The van der Waals surface area contributed by atoms with Crippen LogP contribution in [0.5, 0.6) is 0 Å². The number of urea groups is 1. The Morgan fingerprint density at radius 1 is 1.22 bits per heavy atom. The van der Waals surface area contributed by atoms with Crippen molar-refractivity contribution in [2.75, 3.05) is 19.7 Å². The summed E-state index contributed by atoms with van der Waals surface area (Å²) >= 11 is 0. The number of nitrogens with zero attached hydrogens (tertiary/aromatic N) is 2. The molecular formula is C19H21F2N3O3. The summed E-state index contributed by atoms with van der Waals surface area (Å²) in [6.07, 6.45) is 1.96. The summed E-state index contributed by atoms with van der Waals surface area (Å²) < 4.78 is 33.9. The fraction of sp³-hybridized carbons (Fsp3) is 0.368. The molecule has 0 saturated carbocycles. The SMILES string of the molecule is CCOC(=O)CCNC(=O)N1CCn2cccc2C1c1ccc(F)c(F)c1. The number of amides is 2. The Kier molecular flexibility index (Phi) is 5.73. The predicted octanol–water partition coefficient (Wildman–Crippen LogP) is 2.83. The monoisotopic (exact) mass is 377 g/mol. The first-order valence-corrected chi connectivity index (χ1v) is 8.81. The van der Waals surface area contributed by atoms with E-state index in [2.05, 4.69) is 5.32 Å². The number of benzene rings is 1. The third-order valence-electron chi connectivity index (χ3n) is 4.47. The molecule has 2 amide bonds. The maximum absolute atomic E-state index is 13.8. The molecule has 2 aromatic rings. The molecule has 1 aliphatic rings. The quantitative estimate of drug-likeness (QED) is 0.815. The van der Waals surface area contributed by atoms with E-state index in [1.165, 1.54) is 6.07 Å². The Balaban J connectivity index is 1.79. The van der Waals surface area contributed by atoms with Crippen LogP contribution in [-0.4, -0.2) is 41.2 Å². The van der Waals surface area contributed by atoms with Crippen LogP contribution < -0.4 is 5.32 Å². The number of hydrogen-bond acceptors (Lipinski definition) is 3. The number of aromatic nitrogens is 1. The molecule has 3 rings (SSSR count). The summed E-state index contributed by atoms with van der Waals surface area (Å²) in [7, 11) is 0. The van der Waals surface area contributed by atoms with Gasteiger partial charge in [-0.25, -0.2) is 13.6 Å². The van der Waals surface area contributed by atoms with Gasteiger partial charge in [0, 0.05) is 31.5 Å². The first-order valence-electron chi connectivity index (χ1n) is 8.81. The van der Waals surface area contributed by atoms with Gasteiger partial charge in [-0.15, -0.1) is 0 Å². The van der Waals surface area contributed by atoms with Crippen molar-refractivity contribution >= 4 is 12.0 Å². The van der Waals surface area contributed by atoms with Gasteiger partial charge >= 0.3 is 12.0 Å². The van der Waals surface area contributed by atoms with Crippen molar-refractivity contribution in [3.05, 3.63) is 59.4 Å². The second kappa shape index (κ2) is 8.20. The predicted molar refractivity (Wildman–Crippen MR) is 94.0 cm³/mol. The molecule has 0 fully saturated rings. The number of hydrogen-bond donors (Lipinski definition) is 1. The van der Waals surface area contributed by atoms with Gasteiger partial charge in [0.1, 0.15) is 0 Å². The van der Waals surface area contributed by atoms with Crippen molar-refractivity contribution in [2.24, 2.45) is 0 Å². The van der Waals surface area contributed by atoms with E-state index < -0.39 is 17.7 Å². The van der Waals surface area contributed by atoms with E-state index in [-0.39, 0.29) is 31.6 Å². The van der Waals surface area contributed by atoms with E-state index in [1.807, 2.05) is 22.9 Å². The maximum atomic E-state index is 13.8. The minimum absolute atomic E-state index is 0.0691. The second-order valence-electron chi connectivity index (χ2n) is 6.18. The van der Waals surface area contributed by atoms with Crippen LogP contribution in [0.25, 0.3) is 0 Å². The lowest BCUT2D eigenvalue weighted by molar-refractivity contribution is -0.142. The van der Waals surface area contributed by atoms with E-state index in [0.29, 0.717) is 18.7 Å². The van der Waals surface area contributed by atoms with Crippen molar-refractivity contribution in [1.29, 1.82) is 0 Å². The number of carbonyl (C=O) groups excluding carboxylic acids is 2. The van der Waals surface area contributed by atoms with Gasteiger partial charge in [0.25, 0.3) is 0 Å². The normalized spacial score (nSPS) is 16.0. The molecule has 27 heavy (non-hydrogen) atoms. The largest absolute Gasteiger partial charge is 0.466 e. The fourth-order valence-electron chi connectivity index (χ4n) is 3.24. The Hall–Kier alpha value is -2.90. The zero-order valence-electron chi connectivity index (χ0n) is 15.0. The van der Waals surface area contributed by atoms with Crippen molar-refractivity contribution < 1.29 is 23.1 Å². The van der Waals surface area contributed by atoms with Gasteiger partial charge in [-0.2, -0.15) is 0 Å². The molecule has 0 radical (unpaired) electrons. The molecule has 1 aromatic carbocycles. The molecule has 2 heterocycles. The molecule has 1 unspecified atom stereocenters. The Bertz CT molecular complexity index is 837. The van der Waals surface area contributed by atoms with Gasteiger partial charge in [0.05, 0.1) is 19.1 Å². The van der Waals surface area contributed by atoms with Crippen LogP contribution in [0.15, 0.2) is 36.5 Å². The molecule has 1 aliphatic heterocycles. The third kappa shape index (κ3) is 4.10. The van der Waals surface area contributed by atoms with Gasteiger partial charge in [-0.1, -0.05) is 6.07 Å². The van der Waals surface area contributed by atoms with Crippen LogP contribution in [0.4, 0.5) is 13.6 Å². The van der Waals surface area contributed by atoms with E-state index in [9.17, 15) is 18.4 Å². The minimum atomic E-state index is -0.959. The Morgan fingerprint density at radius 3 is 2.78 bits per heavy atom. The molecule has 1 N–H and O–H groups in total. The molecule has 0 bridgehead atoms. The zero-order valence-corrected chi connectivity index (χ0v) is 15.0. The van der Waals surface area contributed by atoms with Crippen molar-refractivity contribution in [3.8, 4) is 0 Å². The van der Waals surface area contributed by atoms with E-state index in [1.54, 1.807) is 11.8 Å². The van der Waals surface area contributed by atoms with Gasteiger partial charge < -0.3 is 19.5 Å². The molecule has 8 heteroatoms. The summed E-state index contributed by atoms with van der Waals surface area (Å²) in [6.45, 7) is 3.13. The molecule has 1 atom stereocenters. The first kappa shape index (κ1) is 18.9. The molecule has 144 valence electrons. The van der Waals surface area contributed by atoms with Crippen LogP contribution >= 0.6 is 0 Å². The topological polar surface area (TPSA) is 63.6 Å². The highest BCUT2D eigenvalue weighted by atomic mass is 19.2. The van der Waals surface area contributed by atoms with E-state index in [0.717, 1.165) is 17.8 Å². The van der Waals surface area contributed by atoms with Crippen LogP contribution in [-0.2, 0) is 16.1 Å². The number of rotatable bonds is 5. The lowest BCUT2D eigenvalue weighted by Crippen LogP contribution is -2.47. The smallest absolute Gasteiger partial charge is 0.318 e. The number of nitrogens with one attached hydrogen (secondary N) is 1. The highest BCUT2D eigenvalue weighted by molar-refractivity contribution is 5.76. The second-order valence-corrected chi connectivity index (χ2v) is 6.18. The summed E-state index contributed by atoms with van der Waals surface area (Å²) in [5, 5.41) is 2.70. The fourth-order valence-corrected chi connectivity index (χ4v) is 3.24. The number of halogens is 2. The van der Waals surface area contributed by atoms with Crippen molar-refractivity contribution in [3.63, 3.8) is 0 Å². The molecular weight excluding hydrogens is 356 g/mol. The van der Waals surface area contributed by atoms with Gasteiger partial charge in [0.2, 0.25) is 0 Å². The Morgan fingerprint density at radius 2 is 2.04 bits per heavy atom. The highest BCUT2D eigenvalue weighted by Gasteiger charge is 2.32. The average molecular weight is 377 g/mol. The standard InChI is InChI=1S/C19H21F2N3O3/c1-2-27-17(25)7-8-22-19(26)24-11-10-23-9-3-4-16(23)18(24)13-5-6-14(20)15(21)12-13/h3-6,9,12,18H,2,7-8,10-11H2,1H3,(H,22,26). The number of carbonyl (C=O) groups is 2. The van der Waals surface area contributed by atoms with Gasteiger partial charge in [-0.3, -0.25) is 4.79 Å². The van der Waals surface area contributed by atoms with Crippen molar-refractivity contribution in [2.45, 2.75) is 25.9 Å². The molecule has 0 saturated heterocycles. The molecule has 1 aromatic heterocycles. The maximum Gasteiger partial charge on any atom is 0.318 e. The minimum Gasteiger partial charge on any atom is -0.466 e. The number of ether oxygens (including phenoxy) is 1. The number of esters is 1. The third-order valence-corrected chi connectivity index (χ3v) is 4.47. The number of fused-ring (bicyclic) bond motifs is 1. The lowest BCUT2D eigenvalue weighted by Gasteiger charge is -2.37. The van der Waals surface area contributed by atoms with Crippen LogP contribution in [0, 0.1) is 11.6 Å². The first-order chi connectivity index (χ1) is 13.0. The van der Waals surface area contributed by atoms with Gasteiger partial charge in [0.15, 0.2) is 11.6 Å². The van der Waals surface area contributed by atoms with E-state index >= 15 is 0 Å². The summed E-state index contributed by atoms with van der Waals surface area (Å²) in [4.78, 5) is 25.7. The highest BCUT2D eigenvalue weighted by Crippen LogP contribution is 2.33. The summed E-state index contributed by atoms with van der Waals surface area (Å²) in [6, 6.07) is 6.43. The summed E-state index contributed by atoms with van der Waals surface area (Å²) in [5.74, 6) is -2.28. The molecule has 0 aliphatic carbocycles. The van der Waals surface area contributed by atoms with Crippen LogP contribution in [0.2, 0.25) is 0 Å². The van der Waals surface area contributed by atoms with Crippen LogP contribution in [0.3, 0.4) is 0 Å². The molecule has 6 nitrogen and oxygen atoms in total. The summed E-state index contributed by atoms with van der Waals surface area (Å²) in [5.41, 5.74) is 1.29. The molecule has 0 spiro atoms. The average Bonchev–Trinajstić information content (AvgIpc) is 3.12. The van der Waals surface area contributed by atoms with Gasteiger partial charge in [-0.05, 0) is 36.8 Å². The van der Waals surface area contributed by atoms with E-state index in [4.69, 9.17) is 4.74 Å². The lowest BCUT2D eigenvalue weighted by atomic mass is 10.00. The zero-order chi connectivity index (χ0) is 19.4.